The number of hydrogen-bond donors (Lipinski definition) is 6. The summed E-state index contributed by atoms with van der Waals surface area (Å²) in [7, 11) is 0. The van der Waals surface area contributed by atoms with Crippen LogP contribution in [0.1, 0.15) is 64.3 Å². The first-order valence-corrected chi connectivity index (χ1v) is 21.9. The van der Waals surface area contributed by atoms with Gasteiger partial charge in [-0.2, -0.15) is 0 Å². The van der Waals surface area contributed by atoms with Crippen LogP contribution >= 0.6 is 0 Å². The summed E-state index contributed by atoms with van der Waals surface area (Å²) in [5.41, 5.74) is 12.7. The molecule has 4 aromatic carbocycles. The minimum atomic E-state index is -0.677. The number of H-pyrrole nitrogens is 2. The lowest BCUT2D eigenvalue weighted by atomic mass is 9.94. The van der Waals surface area contributed by atoms with Gasteiger partial charge in [-0.15, -0.1) is 0 Å². The molecule has 0 fully saturated rings. The van der Waals surface area contributed by atoms with Crippen molar-refractivity contribution in [2.75, 3.05) is 21.3 Å². The second kappa shape index (κ2) is 17.7. The van der Waals surface area contributed by atoms with Crippen molar-refractivity contribution in [2.24, 2.45) is 5.41 Å². The van der Waals surface area contributed by atoms with Crippen molar-refractivity contribution in [1.29, 1.82) is 0 Å². The largest absolute Gasteiger partial charge is 0.354 e. The van der Waals surface area contributed by atoms with E-state index in [2.05, 4.69) is 31.2 Å². The van der Waals surface area contributed by atoms with Gasteiger partial charge >= 0.3 is 0 Å². The second-order valence-corrected chi connectivity index (χ2v) is 17.4. The smallest absolute Gasteiger partial charge is 0.229 e. The number of rotatable bonds is 8. The molecule has 12 heteroatoms. The molecule has 8 bridgehead atoms. The van der Waals surface area contributed by atoms with E-state index in [1.807, 2.05) is 166 Å². The number of nitrogens with zero attached hydrogens (tertiary/aromatic N) is 2. The Morgan fingerprint density at radius 1 is 0.388 bits per heavy atom. The molecule has 6 N–H and O–H groups in total. The van der Waals surface area contributed by atoms with Crippen LogP contribution in [0.15, 0.2) is 121 Å². The molecule has 9 rings (SSSR count). The molecule has 0 saturated heterocycles. The molecule has 2 aliphatic rings. The zero-order chi connectivity index (χ0) is 47.0. The third-order valence-corrected chi connectivity index (χ3v) is 11.4. The normalized spacial score (nSPS) is 11.9. The number of carbonyl (C=O) groups excluding carboxylic acids is 4. The molecule has 67 heavy (non-hydrogen) atoms. The van der Waals surface area contributed by atoms with Crippen LogP contribution in [0.4, 0.5) is 22.7 Å². The lowest BCUT2D eigenvalue weighted by Gasteiger charge is -2.19. The van der Waals surface area contributed by atoms with E-state index in [4.69, 9.17) is 9.97 Å². The van der Waals surface area contributed by atoms with Crippen LogP contribution in [0, 0.1) is 5.41 Å². The molecule has 0 spiro atoms. The fourth-order valence-corrected chi connectivity index (χ4v) is 8.46. The van der Waals surface area contributed by atoms with E-state index < -0.39 is 5.41 Å². The van der Waals surface area contributed by atoms with Crippen LogP contribution in [0.2, 0.25) is 0 Å². The molecule has 2 aliphatic heterocycles. The van der Waals surface area contributed by atoms with Gasteiger partial charge < -0.3 is 31.2 Å². The monoisotopic (exact) mass is 884 g/mol. The van der Waals surface area contributed by atoms with Crippen molar-refractivity contribution >= 4 is 92.7 Å². The maximum atomic E-state index is 13.6. The van der Waals surface area contributed by atoms with Crippen LogP contribution in [0.5, 0.6) is 0 Å². The van der Waals surface area contributed by atoms with Crippen LogP contribution in [0.25, 0.3) is 90.9 Å². The Labute approximate surface area is 387 Å². The quantitative estimate of drug-likeness (QED) is 0.0886. The second-order valence-electron chi connectivity index (χ2n) is 17.4. The third kappa shape index (κ3) is 8.80. The van der Waals surface area contributed by atoms with Gasteiger partial charge in [0.2, 0.25) is 23.6 Å². The zero-order valence-corrected chi connectivity index (χ0v) is 37.9. The van der Waals surface area contributed by atoms with Gasteiger partial charge in [-0.05, 0) is 72.8 Å². The summed E-state index contributed by atoms with van der Waals surface area (Å²) in [5.74, 6) is -0.827. The first kappa shape index (κ1) is 43.6. The van der Waals surface area contributed by atoms with E-state index in [-0.39, 0.29) is 23.6 Å². The Morgan fingerprint density at radius 2 is 0.642 bits per heavy atom. The van der Waals surface area contributed by atoms with Crippen molar-refractivity contribution in [1.82, 2.24) is 19.9 Å². The number of amides is 4. The fraction of sp³-hybridized carbons (Fsp3) is 0.127. The molecule has 0 saturated carbocycles. The minimum Gasteiger partial charge on any atom is -0.354 e. The van der Waals surface area contributed by atoms with Crippen LogP contribution in [-0.4, -0.2) is 43.6 Å². The highest BCUT2D eigenvalue weighted by atomic mass is 16.2. The first-order valence-electron chi connectivity index (χ1n) is 21.9. The van der Waals surface area contributed by atoms with Gasteiger partial charge in [-0.1, -0.05) is 93.6 Å². The molecule has 5 heterocycles. The van der Waals surface area contributed by atoms with Gasteiger partial charge in [0, 0.05) is 116 Å². The molecular weight excluding hydrogens is 837 g/mol. The number of nitrogens with one attached hydrogen (secondary N) is 6. The standard InChI is InChI=1S/C55H48N8O4/c1-31(64)56-38-19-11-7-15-34(38)50-42-23-25-44(59-42)51(35-16-8-12-20-39(35)57-32(2)65)46-27-29-48(61-46)53(37-18-10-14-22-41(37)63-54(67)55(4,5)6)49-30-28-47(62-49)52(45-26-24-43(50)60-45)36-17-9-13-21-40(36)58-33(3)66/h7-30,59,62H,1-6H3,(H,56,64)(H,57,65)(H,58,66)(H,63,67). The van der Waals surface area contributed by atoms with E-state index in [0.717, 1.165) is 22.3 Å². The van der Waals surface area contributed by atoms with Gasteiger partial charge in [0.15, 0.2) is 0 Å². The predicted octanol–water partition coefficient (Wildman–Crippen LogP) is 12.2. The van der Waals surface area contributed by atoms with Crippen molar-refractivity contribution in [2.45, 2.75) is 41.5 Å². The van der Waals surface area contributed by atoms with Crippen molar-refractivity contribution < 1.29 is 19.2 Å². The van der Waals surface area contributed by atoms with E-state index in [9.17, 15) is 19.2 Å². The van der Waals surface area contributed by atoms with E-state index in [1.165, 1.54) is 20.8 Å². The molecule has 3 aromatic heterocycles. The first-order chi connectivity index (χ1) is 32.2. The van der Waals surface area contributed by atoms with Crippen molar-refractivity contribution in [3.8, 4) is 44.5 Å². The highest BCUT2D eigenvalue weighted by Crippen LogP contribution is 2.43. The maximum Gasteiger partial charge on any atom is 0.229 e. The summed E-state index contributed by atoms with van der Waals surface area (Å²) < 4.78 is 0. The lowest BCUT2D eigenvalue weighted by Crippen LogP contribution is -2.27. The lowest BCUT2D eigenvalue weighted by molar-refractivity contribution is -0.123. The van der Waals surface area contributed by atoms with Crippen LogP contribution in [-0.2, 0) is 19.2 Å². The average Bonchev–Trinajstić information content (AvgIpc) is 4.13. The molecule has 0 unspecified atom stereocenters. The zero-order valence-electron chi connectivity index (χ0n) is 37.9. The molecule has 7 aromatic rings. The van der Waals surface area contributed by atoms with E-state index in [0.29, 0.717) is 89.8 Å². The van der Waals surface area contributed by atoms with Crippen LogP contribution in [0.3, 0.4) is 0 Å². The van der Waals surface area contributed by atoms with Crippen molar-refractivity contribution in [3.05, 3.63) is 144 Å². The Bertz CT molecular complexity index is 3360. The highest BCUT2D eigenvalue weighted by molar-refractivity contribution is 6.07. The SMILES string of the molecule is CC(=O)Nc1ccccc1-c1c2nc(c(-c3ccccc3NC(C)=O)c3ccc([nH]3)c(-c3ccccc3NC(=O)C(C)(C)C)c3nc(c(-c4ccccc4NC(C)=O)c4ccc1[nH]4)C=C3)C=C2. The number of fused-ring (bicyclic) bond motifs is 8. The number of aromatic amines is 2. The summed E-state index contributed by atoms with van der Waals surface area (Å²) in [5, 5.41) is 12.3. The molecule has 0 atom stereocenters. The van der Waals surface area contributed by atoms with Gasteiger partial charge in [0.05, 0.1) is 22.8 Å². The summed E-state index contributed by atoms with van der Waals surface area (Å²) in [6.07, 6.45) is 7.81. The highest BCUT2D eigenvalue weighted by Gasteiger charge is 2.25. The predicted molar refractivity (Wildman–Crippen MR) is 272 cm³/mol. The van der Waals surface area contributed by atoms with Crippen LogP contribution < -0.4 is 21.3 Å². The number of carbonyl (C=O) groups is 4. The van der Waals surface area contributed by atoms with E-state index in [1.54, 1.807) is 0 Å². The molecule has 332 valence electrons. The Hall–Kier alpha value is -8.64. The number of hydrogen-bond acceptors (Lipinski definition) is 6. The fourth-order valence-electron chi connectivity index (χ4n) is 8.46. The Kier molecular flexibility index (Phi) is 11.5. The van der Waals surface area contributed by atoms with Crippen molar-refractivity contribution in [3.63, 3.8) is 0 Å². The Morgan fingerprint density at radius 3 is 0.896 bits per heavy atom. The van der Waals surface area contributed by atoms with E-state index >= 15 is 0 Å². The molecule has 0 aliphatic carbocycles. The number of benzene rings is 4. The van der Waals surface area contributed by atoms with Gasteiger partial charge in [0.1, 0.15) is 0 Å². The maximum absolute atomic E-state index is 13.6. The number of para-hydroxylation sites is 4. The topological polar surface area (TPSA) is 174 Å². The average molecular weight is 885 g/mol. The molecule has 12 nitrogen and oxygen atoms in total. The summed E-state index contributed by atoms with van der Waals surface area (Å²) in [6.45, 7) is 10.0. The number of aromatic nitrogens is 4. The van der Waals surface area contributed by atoms with Gasteiger partial charge in [0.25, 0.3) is 0 Å². The summed E-state index contributed by atoms with van der Waals surface area (Å²) in [4.78, 5) is 69.9. The Balaban J connectivity index is 1.48. The van der Waals surface area contributed by atoms with Gasteiger partial charge in [-0.3, -0.25) is 19.2 Å². The van der Waals surface area contributed by atoms with Gasteiger partial charge in [-0.25, -0.2) is 9.97 Å². The third-order valence-electron chi connectivity index (χ3n) is 11.4. The molecule has 4 amide bonds. The molecule has 0 radical (unpaired) electrons. The summed E-state index contributed by atoms with van der Waals surface area (Å²) in [6, 6.07) is 38.4. The molecular formula is C55H48N8O4. The number of anilines is 4. The minimum absolute atomic E-state index is 0.149. The summed E-state index contributed by atoms with van der Waals surface area (Å²) >= 11 is 0.